The summed E-state index contributed by atoms with van der Waals surface area (Å²) in [7, 11) is 0. The third-order valence-corrected chi connectivity index (χ3v) is 4.61. The molecule has 8 heteroatoms. The Hall–Kier alpha value is -4.10. The number of pyridine rings is 1. The number of rotatable bonds is 5. The van der Waals surface area contributed by atoms with Crippen molar-refractivity contribution in [2.24, 2.45) is 0 Å². The summed E-state index contributed by atoms with van der Waals surface area (Å²) in [5.74, 6) is -0.593. The van der Waals surface area contributed by atoms with Gasteiger partial charge < -0.3 is 10.6 Å². The zero-order valence-corrected chi connectivity index (χ0v) is 16.9. The molecule has 2 aromatic carbocycles. The second-order valence-electron chi connectivity index (χ2n) is 6.52. The van der Waals surface area contributed by atoms with Gasteiger partial charge >= 0.3 is 0 Å². The molecule has 2 heterocycles. The van der Waals surface area contributed by atoms with Crippen molar-refractivity contribution in [3.05, 3.63) is 102 Å². The number of carbonyl (C=O) groups excluding carboxylic acids is 2. The first kappa shape index (κ1) is 20.2. The zero-order valence-electron chi connectivity index (χ0n) is 16.1. The van der Waals surface area contributed by atoms with Crippen molar-refractivity contribution in [2.75, 3.05) is 10.6 Å². The minimum Gasteiger partial charge on any atom is -0.322 e. The number of hydrogen-bond donors (Lipinski definition) is 2. The number of halogens is 1. The molecule has 0 saturated heterocycles. The van der Waals surface area contributed by atoms with Gasteiger partial charge in [-0.3, -0.25) is 24.5 Å². The molecule has 31 heavy (non-hydrogen) atoms. The van der Waals surface area contributed by atoms with E-state index in [1.165, 1.54) is 0 Å². The molecule has 0 fully saturated rings. The predicted molar refractivity (Wildman–Crippen MR) is 119 cm³/mol. The highest BCUT2D eigenvalue weighted by Gasteiger charge is 2.10. The highest BCUT2D eigenvalue weighted by atomic mass is 35.5. The summed E-state index contributed by atoms with van der Waals surface area (Å²) in [6.45, 7) is 0. The number of nitrogens with zero attached hydrogens (tertiary/aromatic N) is 3. The van der Waals surface area contributed by atoms with Gasteiger partial charge in [0.2, 0.25) is 0 Å². The SMILES string of the molecule is O=C(Nc1ccc(NC(=O)c2ccc(-c3cnccn3)cn2)cc1)c1ccc(Cl)cc1. The van der Waals surface area contributed by atoms with Crippen LogP contribution in [0, 0.1) is 0 Å². The fourth-order valence-corrected chi connectivity index (χ4v) is 2.89. The van der Waals surface area contributed by atoms with Crippen LogP contribution in [0.1, 0.15) is 20.8 Å². The molecule has 0 aliphatic rings. The van der Waals surface area contributed by atoms with Crippen molar-refractivity contribution in [2.45, 2.75) is 0 Å². The van der Waals surface area contributed by atoms with Crippen molar-refractivity contribution >= 4 is 34.8 Å². The summed E-state index contributed by atoms with van der Waals surface area (Å²) < 4.78 is 0. The fraction of sp³-hybridized carbons (Fsp3) is 0. The van der Waals surface area contributed by atoms with Gasteiger partial charge in [-0.05, 0) is 60.7 Å². The van der Waals surface area contributed by atoms with E-state index >= 15 is 0 Å². The zero-order chi connectivity index (χ0) is 21.6. The number of amides is 2. The van der Waals surface area contributed by atoms with E-state index in [0.717, 1.165) is 5.56 Å². The largest absolute Gasteiger partial charge is 0.322 e. The molecule has 0 saturated carbocycles. The molecule has 2 aromatic heterocycles. The highest BCUT2D eigenvalue weighted by molar-refractivity contribution is 6.30. The maximum Gasteiger partial charge on any atom is 0.274 e. The monoisotopic (exact) mass is 429 g/mol. The van der Waals surface area contributed by atoms with Crippen LogP contribution in [0.2, 0.25) is 5.02 Å². The van der Waals surface area contributed by atoms with Crippen LogP contribution in [-0.4, -0.2) is 26.8 Å². The Morgan fingerprint density at radius 1 is 0.710 bits per heavy atom. The lowest BCUT2D eigenvalue weighted by molar-refractivity contribution is 0.101. The molecule has 4 rings (SSSR count). The van der Waals surface area contributed by atoms with Crippen LogP contribution in [-0.2, 0) is 0 Å². The molecule has 0 aliphatic carbocycles. The van der Waals surface area contributed by atoms with Crippen LogP contribution >= 0.6 is 11.6 Å². The summed E-state index contributed by atoms with van der Waals surface area (Å²) >= 11 is 5.84. The van der Waals surface area contributed by atoms with Gasteiger partial charge in [0.05, 0.1) is 11.9 Å². The van der Waals surface area contributed by atoms with Gasteiger partial charge in [0.15, 0.2) is 0 Å². The fourth-order valence-electron chi connectivity index (χ4n) is 2.76. The lowest BCUT2D eigenvalue weighted by atomic mass is 10.2. The standard InChI is InChI=1S/C23H16ClN5O2/c24-17-4-1-15(2-5-17)22(30)28-18-6-8-19(9-7-18)29-23(31)20-10-3-16(13-27-20)21-14-25-11-12-26-21/h1-14H,(H,28,30)(H,29,31). The highest BCUT2D eigenvalue weighted by Crippen LogP contribution is 2.18. The number of aromatic nitrogens is 3. The summed E-state index contributed by atoms with van der Waals surface area (Å²) in [5.41, 5.74) is 3.40. The molecular formula is C23H16ClN5O2. The van der Waals surface area contributed by atoms with Crippen LogP contribution in [0.3, 0.4) is 0 Å². The topological polar surface area (TPSA) is 96.9 Å². The Morgan fingerprint density at radius 3 is 1.97 bits per heavy atom. The van der Waals surface area contributed by atoms with E-state index in [1.54, 1.807) is 85.5 Å². The van der Waals surface area contributed by atoms with Gasteiger partial charge in [-0.2, -0.15) is 0 Å². The van der Waals surface area contributed by atoms with Crippen LogP contribution in [0.4, 0.5) is 11.4 Å². The van der Waals surface area contributed by atoms with E-state index in [4.69, 9.17) is 11.6 Å². The molecule has 0 aliphatic heterocycles. The molecule has 2 amide bonds. The average Bonchev–Trinajstić information content (AvgIpc) is 2.81. The van der Waals surface area contributed by atoms with E-state index in [2.05, 4.69) is 25.6 Å². The smallest absolute Gasteiger partial charge is 0.274 e. The molecule has 0 radical (unpaired) electrons. The van der Waals surface area contributed by atoms with E-state index in [1.807, 2.05) is 0 Å². The molecule has 4 aromatic rings. The average molecular weight is 430 g/mol. The molecule has 0 bridgehead atoms. The van der Waals surface area contributed by atoms with Crippen LogP contribution in [0.15, 0.2) is 85.5 Å². The van der Waals surface area contributed by atoms with Crippen molar-refractivity contribution in [1.82, 2.24) is 15.0 Å². The second-order valence-corrected chi connectivity index (χ2v) is 6.95. The third kappa shape index (κ3) is 5.09. The second kappa shape index (κ2) is 9.15. The molecule has 0 atom stereocenters. The Morgan fingerprint density at radius 2 is 1.39 bits per heavy atom. The Labute approximate surface area is 183 Å². The first-order valence-electron chi connectivity index (χ1n) is 9.29. The van der Waals surface area contributed by atoms with Crippen molar-refractivity contribution in [3.63, 3.8) is 0 Å². The maximum absolute atomic E-state index is 12.5. The number of nitrogens with one attached hydrogen (secondary N) is 2. The Kier molecular flexibility index (Phi) is 5.96. The van der Waals surface area contributed by atoms with Gasteiger partial charge in [0.25, 0.3) is 11.8 Å². The van der Waals surface area contributed by atoms with Crippen molar-refractivity contribution in [1.29, 1.82) is 0 Å². The summed E-state index contributed by atoms with van der Waals surface area (Å²) in [6, 6.07) is 16.8. The van der Waals surface area contributed by atoms with Gasteiger partial charge in [0.1, 0.15) is 5.69 Å². The number of benzene rings is 2. The van der Waals surface area contributed by atoms with E-state index in [9.17, 15) is 9.59 Å². The van der Waals surface area contributed by atoms with E-state index < -0.39 is 0 Å². The molecule has 0 unspecified atom stereocenters. The minimum absolute atomic E-state index is 0.249. The first-order valence-corrected chi connectivity index (χ1v) is 9.67. The predicted octanol–water partition coefficient (Wildman–Crippen LogP) is 4.70. The summed E-state index contributed by atoms with van der Waals surface area (Å²) in [5, 5.41) is 6.14. The number of carbonyl (C=O) groups is 2. The van der Waals surface area contributed by atoms with Crippen LogP contribution in [0.5, 0.6) is 0 Å². The van der Waals surface area contributed by atoms with E-state index in [-0.39, 0.29) is 17.5 Å². The lowest BCUT2D eigenvalue weighted by Gasteiger charge is -2.08. The van der Waals surface area contributed by atoms with E-state index in [0.29, 0.717) is 27.7 Å². The van der Waals surface area contributed by atoms with Crippen LogP contribution < -0.4 is 10.6 Å². The molecule has 7 nitrogen and oxygen atoms in total. The molecule has 0 spiro atoms. The van der Waals surface area contributed by atoms with Gasteiger partial charge in [-0.25, -0.2) is 0 Å². The number of anilines is 2. The van der Waals surface area contributed by atoms with Gasteiger partial charge in [-0.1, -0.05) is 11.6 Å². The lowest BCUT2D eigenvalue weighted by Crippen LogP contribution is -2.14. The van der Waals surface area contributed by atoms with Gasteiger partial charge in [-0.15, -0.1) is 0 Å². The third-order valence-electron chi connectivity index (χ3n) is 4.36. The van der Waals surface area contributed by atoms with Gasteiger partial charge in [0, 0.05) is 46.1 Å². The minimum atomic E-state index is -0.344. The Bertz CT molecular complexity index is 1200. The quantitative estimate of drug-likeness (QED) is 0.479. The maximum atomic E-state index is 12.5. The molecule has 2 N–H and O–H groups in total. The van der Waals surface area contributed by atoms with Crippen molar-refractivity contribution in [3.8, 4) is 11.3 Å². The normalized spacial score (nSPS) is 10.4. The summed E-state index contributed by atoms with van der Waals surface area (Å²) in [4.78, 5) is 37.1. The first-order chi connectivity index (χ1) is 15.1. The number of hydrogen-bond acceptors (Lipinski definition) is 5. The molecular weight excluding hydrogens is 414 g/mol. The Balaban J connectivity index is 1.37. The van der Waals surface area contributed by atoms with Crippen LogP contribution in [0.25, 0.3) is 11.3 Å². The summed E-state index contributed by atoms with van der Waals surface area (Å²) in [6.07, 6.45) is 6.39. The molecule has 152 valence electrons. The van der Waals surface area contributed by atoms with Crippen molar-refractivity contribution < 1.29 is 9.59 Å².